The van der Waals surface area contributed by atoms with Crippen LogP contribution in [0.2, 0.25) is 0 Å². The molecule has 0 heterocycles. The summed E-state index contributed by atoms with van der Waals surface area (Å²) in [5, 5.41) is 8.70. The fourth-order valence-corrected chi connectivity index (χ4v) is 1.59. The molecule has 0 aliphatic heterocycles. The second kappa shape index (κ2) is 7.85. The number of carboxylic acid groups (broad SMARTS) is 1. The molecule has 114 valence electrons. The van der Waals surface area contributed by atoms with E-state index in [-0.39, 0.29) is 18.1 Å². The topological polar surface area (TPSA) is 89.6 Å². The molecule has 0 radical (unpaired) electrons. The molecule has 0 saturated carbocycles. The highest BCUT2D eigenvalue weighted by Crippen LogP contribution is 2.29. The molecule has 0 aliphatic rings. The van der Waals surface area contributed by atoms with E-state index in [0.29, 0.717) is 25.0 Å². The largest absolute Gasteiger partial charge is 0.478 e. The molecule has 0 aliphatic carbocycles. The molecule has 1 unspecified atom stereocenters. The van der Waals surface area contributed by atoms with Crippen LogP contribution in [0.5, 0.6) is 0 Å². The first-order chi connectivity index (χ1) is 9.11. The highest BCUT2D eigenvalue weighted by molar-refractivity contribution is 5.89. The summed E-state index contributed by atoms with van der Waals surface area (Å²) in [6.45, 7) is 13.2. The van der Waals surface area contributed by atoms with Crippen molar-refractivity contribution in [2.24, 2.45) is 11.1 Å². The third kappa shape index (κ3) is 6.02. The van der Waals surface area contributed by atoms with E-state index >= 15 is 0 Å². The van der Waals surface area contributed by atoms with E-state index in [1.165, 1.54) is 0 Å². The number of hydrogen-bond donors (Lipinski definition) is 2. The zero-order valence-corrected chi connectivity index (χ0v) is 12.6. The highest BCUT2D eigenvalue weighted by Gasteiger charge is 2.28. The number of rotatable bonds is 9. The van der Waals surface area contributed by atoms with Crippen LogP contribution in [-0.2, 0) is 14.3 Å². The summed E-state index contributed by atoms with van der Waals surface area (Å²) in [5.41, 5.74) is 5.59. The quantitative estimate of drug-likeness (QED) is 0.500. The lowest BCUT2D eigenvalue weighted by Crippen LogP contribution is -2.27. The molecule has 0 amide bonds. The average Bonchev–Trinajstić information content (AvgIpc) is 2.34. The molecule has 5 heteroatoms. The zero-order chi connectivity index (χ0) is 15.9. The van der Waals surface area contributed by atoms with E-state index in [1.54, 1.807) is 6.92 Å². The van der Waals surface area contributed by atoms with Crippen molar-refractivity contribution >= 4 is 11.9 Å². The number of carbonyl (C=O) groups excluding carboxylic acids is 1. The molecule has 20 heavy (non-hydrogen) atoms. The molecule has 0 fully saturated rings. The van der Waals surface area contributed by atoms with E-state index in [9.17, 15) is 9.59 Å². The number of aliphatic carboxylic acids is 1. The van der Waals surface area contributed by atoms with Crippen LogP contribution in [0.15, 0.2) is 24.3 Å². The van der Waals surface area contributed by atoms with Gasteiger partial charge in [0.25, 0.3) is 0 Å². The minimum Gasteiger partial charge on any atom is -0.478 e. The van der Waals surface area contributed by atoms with Crippen LogP contribution < -0.4 is 5.73 Å². The van der Waals surface area contributed by atoms with Crippen LogP contribution in [-0.4, -0.2) is 29.7 Å². The normalized spacial score (nSPS) is 12.6. The van der Waals surface area contributed by atoms with Gasteiger partial charge in [0.1, 0.15) is 0 Å². The molecule has 1 atom stereocenters. The summed E-state index contributed by atoms with van der Waals surface area (Å²) in [6, 6.07) is 0. The van der Waals surface area contributed by atoms with Crippen LogP contribution in [0.25, 0.3) is 0 Å². The second-order valence-electron chi connectivity index (χ2n) is 5.56. The summed E-state index contributed by atoms with van der Waals surface area (Å²) in [6.07, 6.45) is 0.957. The van der Waals surface area contributed by atoms with Gasteiger partial charge in [-0.05, 0) is 38.1 Å². The van der Waals surface area contributed by atoms with Gasteiger partial charge < -0.3 is 15.6 Å². The van der Waals surface area contributed by atoms with Crippen LogP contribution in [0.3, 0.4) is 0 Å². The maximum Gasteiger partial charge on any atom is 0.334 e. The maximum absolute atomic E-state index is 12.0. The van der Waals surface area contributed by atoms with Gasteiger partial charge in [-0.15, -0.1) is 0 Å². The van der Waals surface area contributed by atoms with Gasteiger partial charge in [0.2, 0.25) is 0 Å². The molecule has 0 saturated heterocycles. The molecule has 0 bridgehead atoms. The van der Waals surface area contributed by atoms with E-state index in [0.717, 1.165) is 0 Å². The van der Waals surface area contributed by atoms with E-state index in [4.69, 9.17) is 15.6 Å². The van der Waals surface area contributed by atoms with Gasteiger partial charge in [-0.25, -0.2) is 9.59 Å². The standard InChI is InChI=1S/C15H25NO4/c1-10(13(17)18)6-7-11(2)20-14(19)12(3)15(4,5)8-9-16/h11H,1,3,6-9,16H2,2,4-5H3,(H,17,18). The van der Waals surface area contributed by atoms with Crippen molar-refractivity contribution in [1.82, 2.24) is 0 Å². The summed E-state index contributed by atoms with van der Waals surface area (Å²) < 4.78 is 5.26. The predicted octanol–water partition coefficient (Wildman–Crippen LogP) is 2.27. The smallest absolute Gasteiger partial charge is 0.334 e. The summed E-state index contributed by atoms with van der Waals surface area (Å²) >= 11 is 0. The highest BCUT2D eigenvalue weighted by atomic mass is 16.5. The van der Waals surface area contributed by atoms with Crippen molar-refractivity contribution in [3.05, 3.63) is 24.3 Å². The Morgan fingerprint density at radius 3 is 2.35 bits per heavy atom. The lowest BCUT2D eigenvalue weighted by Gasteiger charge is -2.26. The Bertz CT molecular complexity index is 399. The van der Waals surface area contributed by atoms with Gasteiger partial charge >= 0.3 is 11.9 Å². The minimum atomic E-state index is -1.03. The van der Waals surface area contributed by atoms with Gasteiger partial charge in [0.15, 0.2) is 0 Å². The lowest BCUT2D eigenvalue weighted by molar-refractivity contribution is -0.144. The van der Waals surface area contributed by atoms with Crippen molar-refractivity contribution < 1.29 is 19.4 Å². The molecule has 3 N–H and O–H groups in total. The summed E-state index contributed by atoms with van der Waals surface area (Å²) in [7, 11) is 0. The lowest BCUT2D eigenvalue weighted by atomic mass is 9.82. The first-order valence-electron chi connectivity index (χ1n) is 6.63. The second-order valence-corrected chi connectivity index (χ2v) is 5.56. The van der Waals surface area contributed by atoms with Crippen molar-refractivity contribution in [1.29, 1.82) is 0 Å². The first kappa shape index (κ1) is 18.4. The third-order valence-corrected chi connectivity index (χ3v) is 3.30. The van der Waals surface area contributed by atoms with Crippen LogP contribution in [0, 0.1) is 5.41 Å². The van der Waals surface area contributed by atoms with E-state index in [2.05, 4.69) is 13.2 Å². The Hall–Kier alpha value is -1.62. The Kier molecular flexibility index (Phi) is 7.21. The molecule has 0 rings (SSSR count). The van der Waals surface area contributed by atoms with Crippen molar-refractivity contribution in [3.63, 3.8) is 0 Å². The molecule has 0 spiro atoms. The summed E-state index contributed by atoms with van der Waals surface area (Å²) in [4.78, 5) is 22.6. The molecule has 5 nitrogen and oxygen atoms in total. The zero-order valence-electron chi connectivity index (χ0n) is 12.6. The van der Waals surface area contributed by atoms with Crippen molar-refractivity contribution in [2.75, 3.05) is 6.54 Å². The van der Waals surface area contributed by atoms with E-state index < -0.39 is 17.4 Å². The Morgan fingerprint density at radius 2 is 1.90 bits per heavy atom. The third-order valence-electron chi connectivity index (χ3n) is 3.30. The fourth-order valence-electron chi connectivity index (χ4n) is 1.59. The molecular weight excluding hydrogens is 258 g/mol. The molecule has 0 aromatic heterocycles. The monoisotopic (exact) mass is 283 g/mol. The van der Waals surface area contributed by atoms with Gasteiger partial charge in [-0.2, -0.15) is 0 Å². The van der Waals surface area contributed by atoms with Gasteiger partial charge in [0, 0.05) is 11.1 Å². The van der Waals surface area contributed by atoms with Crippen molar-refractivity contribution in [2.45, 2.75) is 46.1 Å². The average molecular weight is 283 g/mol. The van der Waals surface area contributed by atoms with Crippen molar-refractivity contribution in [3.8, 4) is 0 Å². The van der Waals surface area contributed by atoms with E-state index in [1.807, 2.05) is 13.8 Å². The Labute approximate surface area is 120 Å². The maximum atomic E-state index is 12.0. The SMILES string of the molecule is C=C(CCC(C)OC(=O)C(=C)C(C)(C)CCN)C(=O)O. The molecule has 0 aromatic rings. The minimum absolute atomic E-state index is 0.107. The molecular formula is C15H25NO4. The number of hydrogen-bond acceptors (Lipinski definition) is 4. The number of ether oxygens (including phenoxy) is 1. The summed E-state index contributed by atoms with van der Waals surface area (Å²) in [5.74, 6) is -1.49. The number of nitrogens with two attached hydrogens (primary N) is 1. The van der Waals surface area contributed by atoms with Crippen LogP contribution in [0.1, 0.15) is 40.0 Å². The predicted molar refractivity (Wildman–Crippen MR) is 78.2 cm³/mol. The number of carboxylic acids is 1. The van der Waals surface area contributed by atoms with Gasteiger partial charge in [-0.3, -0.25) is 0 Å². The first-order valence-corrected chi connectivity index (χ1v) is 6.63. The van der Waals surface area contributed by atoms with Crippen LogP contribution >= 0.6 is 0 Å². The number of carbonyl (C=O) groups is 2. The Balaban J connectivity index is 4.36. The Morgan fingerprint density at radius 1 is 1.35 bits per heavy atom. The van der Waals surface area contributed by atoms with Crippen LogP contribution in [0.4, 0.5) is 0 Å². The van der Waals surface area contributed by atoms with Gasteiger partial charge in [-0.1, -0.05) is 27.0 Å². The molecule has 0 aromatic carbocycles. The fraction of sp³-hybridized carbons (Fsp3) is 0.600. The number of esters is 1. The van der Waals surface area contributed by atoms with Gasteiger partial charge in [0.05, 0.1) is 6.10 Å².